The molecule has 1 saturated heterocycles. The van der Waals surface area contributed by atoms with Crippen LogP contribution in [0.15, 0.2) is 53.7 Å². The molecule has 1 aromatic heterocycles. The van der Waals surface area contributed by atoms with Crippen molar-refractivity contribution in [2.75, 3.05) is 29.8 Å². The highest BCUT2D eigenvalue weighted by molar-refractivity contribution is 8.00. The molecule has 34 heavy (non-hydrogen) atoms. The Morgan fingerprint density at radius 3 is 2.65 bits per heavy atom. The van der Waals surface area contributed by atoms with Gasteiger partial charge in [-0.3, -0.25) is 9.59 Å². The zero-order valence-electron chi connectivity index (χ0n) is 19.4. The highest BCUT2D eigenvalue weighted by atomic mass is 32.2. The number of anilines is 1. The lowest BCUT2D eigenvalue weighted by molar-refractivity contribution is -0.134. The number of rotatable bonds is 8. The zero-order chi connectivity index (χ0) is 24.1. The lowest BCUT2D eigenvalue weighted by atomic mass is 10.1. The second-order valence-corrected chi connectivity index (χ2v) is 9.69. The van der Waals surface area contributed by atoms with Crippen LogP contribution in [-0.2, 0) is 16.1 Å². The lowest BCUT2D eigenvalue weighted by Crippen LogP contribution is -2.45. The number of methoxy groups -OCH3 is 1. The fraction of sp³-hybridized carbons (Fsp3) is 0.333. The third-order valence-electron chi connectivity index (χ3n) is 5.61. The summed E-state index contributed by atoms with van der Waals surface area (Å²) in [6, 6.07) is 14.7. The van der Waals surface area contributed by atoms with E-state index in [1.54, 1.807) is 48.0 Å². The summed E-state index contributed by atoms with van der Waals surface area (Å²) < 4.78 is 7.17. The molecule has 2 aromatic carbocycles. The number of aryl methyl sites for hydroxylation is 1. The predicted molar refractivity (Wildman–Crippen MR) is 136 cm³/mol. The average molecular weight is 498 g/mol. The summed E-state index contributed by atoms with van der Waals surface area (Å²) in [7, 11) is 1.59. The van der Waals surface area contributed by atoms with Crippen molar-refractivity contribution >= 4 is 41.0 Å². The molecule has 1 unspecified atom stereocenters. The van der Waals surface area contributed by atoms with E-state index in [9.17, 15) is 9.59 Å². The van der Waals surface area contributed by atoms with Crippen molar-refractivity contribution < 1.29 is 14.3 Å². The Bertz CT molecular complexity index is 1170. The van der Waals surface area contributed by atoms with Crippen molar-refractivity contribution in [2.24, 2.45) is 0 Å². The molecular weight excluding hydrogens is 470 g/mol. The molecular formula is C24H27N5O3S2. The van der Waals surface area contributed by atoms with Gasteiger partial charge in [0.25, 0.3) is 0 Å². The largest absolute Gasteiger partial charge is 0.497 e. The van der Waals surface area contributed by atoms with Crippen LogP contribution in [0, 0.1) is 6.92 Å². The molecule has 8 nitrogen and oxygen atoms in total. The van der Waals surface area contributed by atoms with Crippen LogP contribution in [0.1, 0.15) is 12.5 Å². The molecule has 0 saturated carbocycles. The summed E-state index contributed by atoms with van der Waals surface area (Å²) in [4.78, 5) is 27.6. The van der Waals surface area contributed by atoms with Gasteiger partial charge < -0.3 is 19.5 Å². The molecule has 0 aliphatic carbocycles. The van der Waals surface area contributed by atoms with Crippen LogP contribution in [-0.4, -0.2) is 62.0 Å². The van der Waals surface area contributed by atoms with E-state index in [4.69, 9.17) is 4.74 Å². The molecule has 2 heterocycles. The second kappa shape index (κ2) is 11.0. The van der Waals surface area contributed by atoms with Crippen molar-refractivity contribution in [1.82, 2.24) is 19.7 Å². The molecule has 10 heteroatoms. The molecule has 1 fully saturated rings. The first-order valence-electron chi connectivity index (χ1n) is 11.0. The van der Waals surface area contributed by atoms with E-state index >= 15 is 0 Å². The minimum Gasteiger partial charge on any atom is -0.497 e. The van der Waals surface area contributed by atoms with Crippen molar-refractivity contribution in [2.45, 2.75) is 31.6 Å². The fourth-order valence-corrected chi connectivity index (χ4v) is 5.79. The summed E-state index contributed by atoms with van der Waals surface area (Å²) in [5, 5.41) is 12.3. The number of hydrogen-bond donors (Lipinski definition) is 1. The van der Waals surface area contributed by atoms with Gasteiger partial charge in [-0.25, -0.2) is 0 Å². The van der Waals surface area contributed by atoms with E-state index in [-0.39, 0.29) is 17.6 Å². The first kappa shape index (κ1) is 24.2. The number of amides is 2. The Morgan fingerprint density at radius 2 is 1.94 bits per heavy atom. The third kappa shape index (κ3) is 5.23. The Morgan fingerprint density at radius 1 is 1.18 bits per heavy atom. The van der Waals surface area contributed by atoms with Crippen molar-refractivity contribution in [3.05, 3.63) is 54.1 Å². The van der Waals surface area contributed by atoms with Gasteiger partial charge in [0.15, 0.2) is 11.0 Å². The fourth-order valence-electron chi connectivity index (χ4n) is 3.72. The molecule has 0 radical (unpaired) electrons. The summed E-state index contributed by atoms with van der Waals surface area (Å²) in [5.41, 5.74) is 2.82. The average Bonchev–Trinajstić information content (AvgIpc) is 3.50. The summed E-state index contributed by atoms with van der Waals surface area (Å²) in [6.45, 7) is 4.77. The first-order chi connectivity index (χ1) is 16.5. The Balaban J connectivity index is 1.40. The van der Waals surface area contributed by atoms with Crippen molar-refractivity contribution in [3.8, 4) is 17.1 Å². The minimum absolute atomic E-state index is 0.0898. The van der Waals surface area contributed by atoms with Crippen LogP contribution >= 0.6 is 23.5 Å². The van der Waals surface area contributed by atoms with Gasteiger partial charge in [0.1, 0.15) is 11.8 Å². The van der Waals surface area contributed by atoms with Gasteiger partial charge in [0.05, 0.1) is 18.7 Å². The third-order valence-corrected chi connectivity index (χ3v) is 7.57. The van der Waals surface area contributed by atoms with Gasteiger partial charge in [-0.1, -0.05) is 36.0 Å². The van der Waals surface area contributed by atoms with Gasteiger partial charge in [0, 0.05) is 23.5 Å². The monoisotopic (exact) mass is 497 g/mol. The molecule has 178 valence electrons. The number of benzene rings is 2. The van der Waals surface area contributed by atoms with Crippen LogP contribution in [0.4, 0.5) is 5.69 Å². The number of thioether (sulfide) groups is 2. The highest BCUT2D eigenvalue weighted by Crippen LogP contribution is 2.28. The van der Waals surface area contributed by atoms with E-state index in [1.165, 1.54) is 11.8 Å². The summed E-state index contributed by atoms with van der Waals surface area (Å²) in [6.07, 6.45) is 0. The van der Waals surface area contributed by atoms with E-state index < -0.39 is 6.04 Å². The van der Waals surface area contributed by atoms with Crippen LogP contribution < -0.4 is 10.1 Å². The molecule has 1 atom stereocenters. The molecule has 2 amide bonds. The number of hydrogen-bond acceptors (Lipinski definition) is 7. The Hall–Kier alpha value is -2.98. The van der Waals surface area contributed by atoms with Crippen LogP contribution in [0.2, 0.25) is 0 Å². The zero-order valence-corrected chi connectivity index (χ0v) is 21.0. The van der Waals surface area contributed by atoms with E-state index in [0.29, 0.717) is 34.8 Å². The standard InChI is InChI=1S/C24H27N5O3S2/c1-4-28-22(19-8-6-5-7-16(19)2)26-27-24(28)34-14-21(30)29-15-33-13-20(29)23(31)25-17-9-11-18(32-3)12-10-17/h5-12,20H,4,13-15H2,1-3H3,(H,25,31). The Kier molecular flexibility index (Phi) is 7.79. The smallest absolute Gasteiger partial charge is 0.248 e. The maximum absolute atomic E-state index is 13.0. The van der Waals surface area contributed by atoms with Crippen LogP contribution in [0.25, 0.3) is 11.4 Å². The van der Waals surface area contributed by atoms with Gasteiger partial charge in [-0.05, 0) is 43.7 Å². The molecule has 3 aromatic rings. The number of nitrogens with one attached hydrogen (secondary N) is 1. The second-order valence-electron chi connectivity index (χ2n) is 7.75. The number of nitrogens with zero attached hydrogens (tertiary/aromatic N) is 4. The van der Waals surface area contributed by atoms with Crippen LogP contribution in [0.3, 0.4) is 0 Å². The molecule has 0 bridgehead atoms. The SMILES string of the molecule is CCn1c(SCC(=O)N2CSCC2C(=O)Nc2ccc(OC)cc2)nnc1-c1ccccc1C. The Labute approximate surface area is 207 Å². The van der Waals surface area contributed by atoms with Gasteiger partial charge >= 0.3 is 0 Å². The maximum atomic E-state index is 13.0. The minimum atomic E-state index is -0.508. The molecule has 0 spiro atoms. The number of ether oxygens (including phenoxy) is 1. The predicted octanol–water partition coefficient (Wildman–Crippen LogP) is 3.91. The van der Waals surface area contributed by atoms with E-state index in [2.05, 4.69) is 15.5 Å². The number of aromatic nitrogens is 3. The molecule has 1 aliphatic heterocycles. The number of carbonyl (C=O) groups excluding carboxylic acids is 2. The molecule has 1 N–H and O–H groups in total. The van der Waals surface area contributed by atoms with Gasteiger partial charge in [-0.2, -0.15) is 0 Å². The highest BCUT2D eigenvalue weighted by Gasteiger charge is 2.34. The lowest BCUT2D eigenvalue weighted by Gasteiger charge is -2.23. The van der Waals surface area contributed by atoms with Crippen molar-refractivity contribution in [3.63, 3.8) is 0 Å². The molecule has 4 rings (SSSR count). The number of carbonyl (C=O) groups is 2. The van der Waals surface area contributed by atoms with E-state index in [1.807, 2.05) is 42.7 Å². The van der Waals surface area contributed by atoms with E-state index in [0.717, 1.165) is 17.0 Å². The normalized spacial score (nSPS) is 15.4. The van der Waals surface area contributed by atoms with Crippen molar-refractivity contribution in [1.29, 1.82) is 0 Å². The first-order valence-corrected chi connectivity index (χ1v) is 13.1. The van der Waals surface area contributed by atoms with Crippen LogP contribution in [0.5, 0.6) is 5.75 Å². The maximum Gasteiger partial charge on any atom is 0.248 e. The summed E-state index contributed by atoms with van der Waals surface area (Å²) in [5.74, 6) is 2.49. The van der Waals surface area contributed by atoms with Gasteiger partial charge in [0.2, 0.25) is 11.8 Å². The van der Waals surface area contributed by atoms with Gasteiger partial charge in [-0.15, -0.1) is 22.0 Å². The quantitative estimate of drug-likeness (QED) is 0.472. The molecule has 1 aliphatic rings. The summed E-state index contributed by atoms with van der Waals surface area (Å²) >= 11 is 2.93. The topological polar surface area (TPSA) is 89.4 Å².